The summed E-state index contributed by atoms with van der Waals surface area (Å²) in [5.41, 5.74) is 2.52. The van der Waals surface area contributed by atoms with E-state index in [0.29, 0.717) is 27.5 Å². The number of benzene rings is 3. The Morgan fingerprint density at radius 3 is 2.06 bits per heavy atom. The summed E-state index contributed by atoms with van der Waals surface area (Å²) < 4.78 is 13.9. The highest BCUT2D eigenvalue weighted by atomic mass is 32.1. The highest BCUT2D eigenvalue weighted by Gasteiger charge is 2.14. The number of thiophene rings is 1. The van der Waals surface area contributed by atoms with Gasteiger partial charge in [0.2, 0.25) is 0 Å². The van der Waals surface area contributed by atoms with E-state index >= 15 is 0 Å². The van der Waals surface area contributed by atoms with Gasteiger partial charge in [-0.2, -0.15) is 0 Å². The lowest BCUT2D eigenvalue weighted by molar-refractivity contribution is 0.101. The van der Waals surface area contributed by atoms with Gasteiger partial charge >= 0.3 is 0 Å². The van der Waals surface area contributed by atoms with E-state index in [4.69, 9.17) is 0 Å². The molecule has 0 aliphatic rings. The van der Waals surface area contributed by atoms with Gasteiger partial charge in [0.05, 0.1) is 10.4 Å². The molecular formula is C26H20FN3O3S. The van der Waals surface area contributed by atoms with Crippen LogP contribution in [0.15, 0.2) is 84.2 Å². The first-order valence-electron chi connectivity index (χ1n) is 10.3. The van der Waals surface area contributed by atoms with Crippen molar-refractivity contribution < 1.29 is 18.8 Å². The summed E-state index contributed by atoms with van der Waals surface area (Å²) in [6.07, 6.45) is 0. The highest BCUT2D eigenvalue weighted by Crippen LogP contribution is 2.21. The minimum absolute atomic E-state index is 0.0805. The van der Waals surface area contributed by atoms with E-state index in [1.54, 1.807) is 67.6 Å². The lowest BCUT2D eigenvalue weighted by atomic mass is 10.1. The molecule has 1 heterocycles. The molecule has 8 heteroatoms. The average Bonchev–Trinajstić information content (AvgIpc) is 3.37. The average molecular weight is 474 g/mol. The van der Waals surface area contributed by atoms with Crippen LogP contribution in [0.1, 0.15) is 36.0 Å². The second kappa shape index (κ2) is 10.1. The van der Waals surface area contributed by atoms with E-state index < -0.39 is 11.7 Å². The fourth-order valence-corrected chi connectivity index (χ4v) is 3.79. The van der Waals surface area contributed by atoms with Crippen molar-refractivity contribution in [1.82, 2.24) is 0 Å². The molecule has 170 valence electrons. The first-order chi connectivity index (χ1) is 16.4. The number of anilines is 3. The van der Waals surface area contributed by atoms with Crippen LogP contribution in [-0.2, 0) is 0 Å². The molecular weight excluding hydrogens is 453 g/mol. The number of rotatable bonds is 6. The molecule has 3 aromatic carbocycles. The molecule has 0 saturated heterocycles. The lowest BCUT2D eigenvalue weighted by Gasteiger charge is -2.12. The van der Waals surface area contributed by atoms with E-state index in [0.717, 1.165) is 5.56 Å². The molecule has 0 radical (unpaired) electrons. The molecule has 6 nitrogen and oxygen atoms in total. The van der Waals surface area contributed by atoms with Crippen molar-refractivity contribution in [2.75, 3.05) is 16.0 Å². The largest absolute Gasteiger partial charge is 0.322 e. The maximum atomic E-state index is 13.9. The number of carbonyl (C=O) groups excluding carboxylic acids is 3. The highest BCUT2D eigenvalue weighted by molar-refractivity contribution is 7.12. The molecule has 0 spiro atoms. The fourth-order valence-electron chi connectivity index (χ4n) is 3.17. The van der Waals surface area contributed by atoms with Gasteiger partial charge in [-0.3, -0.25) is 14.4 Å². The number of halogens is 1. The zero-order valence-corrected chi connectivity index (χ0v) is 18.9. The number of hydrogen-bond acceptors (Lipinski definition) is 4. The Bertz CT molecular complexity index is 1350. The standard InChI is InChI=1S/C26H20FN3O3S/c1-16-8-9-17(15-22(16)30-25(32)20-5-2-3-6-21(20)27)24(31)28-18-10-12-19(13-11-18)29-26(33)23-7-4-14-34-23/h2-15H,1H3,(H,28,31)(H,29,33)(H,30,32). The summed E-state index contributed by atoms with van der Waals surface area (Å²) >= 11 is 1.35. The molecule has 34 heavy (non-hydrogen) atoms. The van der Waals surface area contributed by atoms with Gasteiger partial charge in [-0.15, -0.1) is 11.3 Å². The first-order valence-corrected chi connectivity index (χ1v) is 11.2. The molecule has 0 aliphatic carbocycles. The van der Waals surface area contributed by atoms with Gasteiger partial charge in [-0.05, 0) is 72.5 Å². The summed E-state index contributed by atoms with van der Waals surface area (Å²) in [4.78, 5) is 38.0. The molecule has 0 unspecified atom stereocenters. The molecule has 0 fully saturated rings. The number of aryl methyl sites for hydroxylation is 1. The molecule has 3 N–H and O–H groups in total. The van der Waals surface area contributed by atoms with E-state index in [2.05, 4.69) is 16.0 Å². The number of carbonyl (C=O) groups is 3. The fraction of sp³-hybridized carbons (Fsp3) is 0.0385. The summed E-state index contributed by atoms with van der Waals surface area (Å²) in [6.45, 7) is 1.78. The Morgan fingerprint density at radius 1 is 0.735 bits per heavy atom. The van der Waals surface area contributed by atoms with Gasteiger partial charge in [-0.1, -0.05) is 24.3 Å². The zero-order valence-electron chi connectivity index (χ0n) is 18.1. The minimum Gasteiger partial charge on any atom is -0.322 e. The van der Waals surface area contributed by atoms with Crippen LogP contribution in [0.2, 0.25) is 0 Å². The Hall–Kier alpha value is -4.30. The lowest BCUT2D eigenvalue weighted by Crippen LogP contribution is -2.16. The third kappa shape index (κ3) is 5.36. The van der Waals surface area contributed by atoms with Gasteiger partial charge in [-0.25, -0.2) is 4.39 Å². The van der Waals surface area contributed by atoms with Crippen LogP contribution in [0.4, 0.5) is 21.5 Å². The predicted molar refractivity (Wildman–Crippen MR) is 132 cm³/mol. The van der Waals surface area contributed by atoms with Crippen LogP contribution in [-0.4, -0.2) is 17.7 Å². The van der Waals surface area contributed by atoms with E-state index in [1.165, 1.54) is 29.5 Å². The van der Waals surface area contributed by atoms with Crippen LogP contribution in [0.3, 0.4) is 0 Å². The predicted octanol–water partition coefficient (Wildman–Crippen LogP) is 5.95. The van der Waals surface area contributed by atoms with Gasteiger partial charge in [0.15, 0.2) is 0 Å². The van der Waals surface area contributed by atoms with Gasteiger partial charge < -0.3 is 16.0 Å². The number of amides is 3. The van der Waals surface area contributed by atoms with Crippen LogP contribution < -0.4 is 16.0 Å². The van der Waals surface area contributed by atoms with Crippen molar-refractivity contribution >= 4 is 46.1 Å². The van der Waals surface area contributed by atoms with E-state index in [1.807, 2.05) is 5.38 Å². The smallest absolute Gasteiger partial charge is 0.265 e. The van der Waals surface area contributed by atoms with Crippen LogP contribution >= 0.6 is 11.3 Å². The normalized spacial score (nSPS) is 10.4. The van der Waals surface area contributed by atoms with Crippen molar-refractivity contribution in [3.8, 4) is 0 Å². The maximum Gasteiger partial charge on any atom is 0.265 e. The monoisotopic (exact) mass is 473 g/mol. The van der Waals surface area contributed by atoms with Crippen LogP contribution in [0.5, 0.6) is 0 Å². The minimum atomic E-state index is -0.624. The van der Waals surface area contributed by atoms with E-state index in [-0.39, 0.29) is 17.4 Å². The van der Waals surface area contributed by atoms with Crippen molar-refractivity contribution in [2.45, 2.75) is 6.92 Å². The van der Waals surface area contributed by atoms with Crippen LogP contribution in [0.25, 0.3) is 0 Å². The van der Waals surface area contributed by atoms with Crippen LogP contribution in [0, 0.1) is 12.7 Å². The number of hydrogen-bond donors (Lipinski definition) is 3. The maximum absolute atomic E-state index is 13.9. The van der Waals surface area contributed by atoms with Crippen molar-refractivity contribution in [1.29, 1.82) is 0 Å². The molecule has 0 atom stereocenters. The summed E-state index contributed by atoms with van der Waals surface area (Å²) in [7, 11) is 0. The van der Waals surface area contributed by atoms with E-state index in [9.17, 15) is 18.8 Å². The van der Waals surface area contributed by atoms with Gasteiger partial charge in [0.25, 0.3) is 17.7 Å². The Labute approximate surface area is 199 Å². The van der Waals surface area contributed by atoms with Crippen molar-refractivity contribution in [3.05, 3.63) is 112 Å². The third-order valence-electron chi connectivity index (χ3n) is 5.01. The topological polar surface area (TPSA) is 87.3 Å². The Morgan fingerprint density at radius 2 is 1.41 bits per heavy atom. The Kier molecular flexibility index (Phi) is 6.79. The van der Waals surface area contributed by atoms with Gasteiger partial charge in [0.1, 0.15) is 5.82 Å². The summed E-state index contributed by atoms with van der Waals surface area (Å²) in [6, 6.07) is 20.9. The molecule has 4 aromatic rings. The van der Waals surface area contributed by atoms with Crippen molar-refractivity contribution in [2.24, 2.45) is 0 Å². The number of nitrogens with one attached hydrogen (secondary N) is 3. The quantitative estimate of drug-likeness (QED) is 0.323. The van der Waals surface area contributed by atoms with Gasteiger partial charge in [0, 0.05) is 22.6 Å². The SMILES string of the molecule is Cc1ccc(C(=O)Nc2ccc(NC(=O)c3cccs3)cc2)cc1NC(=O)c1ccccc1F. The Balaban J connectivity index is 1.42. The zero-order chi connectivity index (χ0) is 24.1. The molecule has 1 aromatic heterocycles. The summed E-state index contributed by atoms with van der Waals surface area (Å²) in [5.74, 6) is -1.80. The second-order valence-electron chi connectivity index (χ2n) is 7.43. The second-order valence-corrected chi connectivity index (χ2v) is 8.37. The van der Waals surface area contributed by atoms with Crippen molar-refractivity contribution in [3.63, 3.8) is 0 Å². The summed E-state index contributed by atoms with van der Waals surface area (Å²) in [5, 5.41) is 10.1. The third-order valence-corrected chi connectivity index (χ3v) is 5.88. The molecule has 0 aliphatic heterocycles. The molecule has 0 bridgehead atoms. The molecule has 4 rings (SSSR count). The molecule has 3 amide bonds. The molecule has 0 saturated carbocycles. The first kappa shape index (κ1) is 22.9.